The molecule has 5 N–H and O–H groups in total. The third kappa shape index (κ3) is 2.62. The lowest BCUT2D eigenvalue weighted by atomic mass is 9.92. The van der Waals surface area contributed by atoms with Gasteiger partial charge in [0.25, 0.3) is 5.92 Å². The van der Waals surface area contributed by atoms with Crippen molar-refractivity contribution >= 4 is 23.1 Å². The molecule has 10 heteroatoms. The van der Waals surface area contributed by atoms with E-state index in [1.807, 2.05) is 16.3 Å². The Bertz CT molecular complexity index is 983. The third-order valence-electron chi connectivity index (χ3n) is 6.60. The monoisotopic (exact) mass is 421 g/mol. The summed E-state index contributed by atoms with van der Waals surface area (Å²) in [5.41, 5.74) is 11.4. The van der Waals surface area contributed by atoms with Gasteiger partial charge in [-0.05, 0) is 24.3 Å². The zero-order valence-electron chi connectivity index (χ0n) is 15.6. The lowest BCUT2D eigenvalue weighted by Gasteiger charge is -2.31. The first-order valence-corrected chi connectivity index (χ1v) is 10.4. The average molecular weight is 421 g/mol. The van der Waals surface area contributed by atoms with Gasteiger partial charge in [-0.25, -0.2) is 9.97 Å². The summed E-state index contributed by atoms with van der Waals surface area (Å²) in [5.74, 6) is -3.56. The Labute approximate surface area is 169 Å². The van der Waals surface area contributed by atoms with Crippen LogP contribution in [-0.2, 0) is 17.1 Å². The highest BCUT2D eigenvalue weighted by Crippen LogP contribution is 2.58. The topological polar surface area (TPSA) is 118 Å². The van der Waals surface area contributed by atoms with Crippen LogP contribution in [0.25, 0.3) is 10.7 Å². The summed E-state index contributed by atoms with van der Waals surface area (Å²) in [4.78, 5) is 22.6. The van der Waals surface area contributed by atoms with Gasteiger partial charge in [-0.15, -0.1) is 11.3 Å². The summed E-state index contributed by atoms with van der Waals surface area (Å²) in [6.07, 6.45) is 0.491. The van der Waals surface area contributed by atoms with Gasteiger partial charge in [-0.3, -0.25) is 4.79 Å². The number of anilines is 1. The van der Waals surface area contributed by atoms with Crippen molar-refractivity contribution in [3.63, 3.8) is 0 Å². The number of rotatable bonds is 4. The van der Waals surface area contributed by atoms with Crippen molar-refractivity contribution in [1.82, 2.24) is 9.97 Å². The molecule has 5 rings (SSSR count). The predicted molar refractivity (Wildman–Crippen MR) is 104 cm³/mol. The van der Waals surface area contributed by atoms with Crippen LogP contribution in [-0.4, -0.2) is 45.2 Å². The normalized spacial score (nSPS) is 32.0. The molecule has 3 heterocycles. The first-order chi connectivity index (χ1) is 13.7. The van der Waals surface area contributed by atoms with Crippen molar-refractivity contribution in [2.45, 2.75) is 42.7 Å². The number of nitrogens with zero attached hydrogens (tertiary/aromatic N) is 3. The smallest absolute Gasteiger partial charge is 0.303 e. The van der Waals surface area contributed by atoms with Gasteiger partial charge in [0.15, 0.2) is 5.82 Å². The summed E-state index contributed by atoms with van der Waals surface area (Å²) < 4.78 is 29.4. The molecule has 154 valence electrons. The van der Waals surface area contributed by atoms with Crippen molar-refractivity contribution in [2.24, 2.45) is 17.4 Å². The lowest BCUT2D eigenvalue weighted by Crippen LogP contribution is -2.39. The fourth-order valence-electron chi connectivity index (χ4n) is 5.02. The highest BCUT2D eigenvalue weighted by atomic mass is 32.1. The number of thiophene rings is 1. The first-order valence-electron chi connectivity index (χ1n) is 9.53. The fourth-order valence-corrected chi connectivity index (χ4v) is 5.68. The van der Waals surface area contributed by atoms with E-state index >= 15 is 0 Å². The van der Waals surface area contributed by atoms with Gasteiger partial charge in [-0.2, -0.15) is 8.78 Å². The Morgan fingerprint density at radius 1 is 1.31 bits per heavy atom. The average Bonchev–Trinajstić information content (AvgIpc) is 3.10. The van der Waals surface area contributed by atoms with Gasteiger partial charge in [0, 0.05) is 31.0 Å². The minimum atomic E-state index is -3.01. The van der Waals surface area contributed by atoms with E-state index in [4.69, 9.17) is 16.6 Å². The number of nitrogens with two attached hydrogens (primary N) is 2. The quantitative estimate of drug-likeness (QED) is 0.690. The van der Waals surface area contributed by atoms with E-state index in [2.05, 4.69) is 9.97 Å². The van der Waals surface area contributed by atoms with Gasteiger partial charge in [-0.1, -0.05) is 6.07 Å². The van der Waals surface area contributed by atoms with Crippen LogP contribution >= 0.6 is 11.3 Å². The Morgan fingerprint density at radius 3 is 2.66 bits per heavy atom. The number of fused-ring (bicyclic) bond motifs is 2. The van der Waals surface area contributed by atoms with Gasteiger partial charge in [0.2, 0.25) is 0 Å². The molecular weight excluding hydrogens is 400 g/mol. The highest BCUT2D eigenvalue weighted by molar-refractivity contribution is 7.13. The Hall–Kier alpha value is -2.17. The maximum Gasteiger partial charge on any atom is 0.303 e. The van der Waals surface area contributed by atoms with Crippen LogP contribution in [0.4, 0.5) is 14.6 Å². The van der Waals surface area contributed by atoms with Gasteiger partial charge < -0.3 is 21.5 Å². The van der Waals surface area contributed by atoms with Crippen LogP contribution in [0.2, 0.25) is 0 Å². The minimum Gasteiger partial charge on any atom is -0.481 e. The number of hydrogen-bond acceptors (Lipinski definition) is 7. The zero-order valence-corrected chi connectivity index (χ0v) is 16.4. The Balaban J connectivity index is 1.56. The molecule has 2 aromatic heterocycles. The molecule has 0 amide bonds. The largest absolute Gasteiger partial charge is 0.481 e. The number of carboxylic acids is 1. The molecular formula is C19H21F2N5O2S. The van der Waals surface area contributed by atoms with E-state index in [9.17, 15) is 13.6 Å². The van der Waals surface area contributed by atoms with Crippen LogP contribution in [0.15, 0.2) is 17.5 Å². The Kier molecular flexibility index (Phi) is 3.85. The maximum absolute atomic E-state index is 14.7. The van der Waals surface area contributed by atoms with Crippen LogP contribution in [0, 0.1) is 5.92 Å². The van der Waals surface area contributed by atoms with Crippen LogP contribution in [0.3, 0.4) is 0 Å². The molecule has 1 saturated carbocycles. The highest BCUT2D eigenvalue weighted by Gasteiger charge is 2.77. The van der Waals surface area contributed by atoms with E-state index < -0.39 is 23.0 Å². The molecule has 1 saturated heterocycles. The van der Waals surface area contributed by atoms with E-state index in [1.165, 1.54) is 11.3 Å². The predicted octanol–water partition coefficient (Wildman–Crippen LogP) is 1.95. The molecule has 0 radical (unpaired) electrons. The van der Waals surface area contributed by atoms with Crippen LogP contribution in [0.5, 0.6) is 0 Å². The van der Waals surface area contributed by atoms with Crippen molar-refractivity contribution < 1.29 is 18.7 Å². The first kappa shape index (κ1) is 18.8. The number of carbonyl (C=O) groups is 1. The number of hydrogen-bond donors (Lipinski definition) is 3. The molecule has 29 heavy (non-hydrogen) atoms. The molecule has 2 fully saturated rings. The van der Waals surface area contributed by atoms with E-state index in [-0.39, 0.29) is 30.3 Å². The van der Waals surface area contributed by atoms with E-state index in [0.29, 0.717) is 42.2 Å². The second kappa shape index (κ2) is 5.93. The number of piperidine rings is 1. The molecule has 2 aromatic rings. The number of halogens is 2. The fraction of sp³-hybridized carbons (Fsp3) is 0.526. The summed E-state index contributed by atoms with van der Waals surface area (Å²) in [7, 11) is 0. The standard InChI is InChI=1S/C19H21F2N5O2S/c20-19(21)5-1-3-10-14(19)24-15(11-4-2-6-29-11)25-16(10)26-8-17(22)12(7-13(27)28)18(17,23)9-26/h2,4,6,12H,1,3,5,7-9,22-23H2,(H,27,28). The van der Waals surface area contributed by atoms with Gasteiger partial charge in [0.05, 0.1) is 22.4 Å². The number of carboxylic acid groups (broad SMARTS) is 1. The third-order valence-corrected chi connectivity index (χ3v) is 7.47. The number of aliphatic carboxylic acids is 1. The molecule has 2 aliphatic carbocycles. The second-order valence-electron chi connectivity index (χ2n) is 8.32. The maximum atomic E-state index is 14.7. The summed E-state index contributed by atoms with van der Waals surface area (Å²) >= 11 is 1.39. The summed E-state index contributed by atoms with van der Waals surface area (Å²) in [6, 6.07) is 3.63. The summed E-state index contributed by atoms with van der Waals surface area (Å²) in [6.45, 7) is 0.584. The van der Waals surface area contributed by atoms with E-state index in [1.54, 1.807) is 6.07 Å². The van der Waals surface area contributed by atoms with Crippen molar-refractivity contribution in [3.05, 3.63) is 28.8 Å². The van der Waals surface area contributed by atoms with Crippen LogP contribution in [0.1, 0.15) is 30.5 Å². The summed E-state index contributed by atoms with van der Waals surface area (Å²) in [5, 5.41) is 11.0. The Morgan fingerprint density at radius 2 is 2.03 bits per heavy atom. The lowest BCUT2D eigenvalue weighted by molar-refractivity contribution is -0.137. The second-order valence-corrected chi connectivity index (χ2v) is 9.27. The molecule has 0 aromatic carbocycles. The van der Waals surface area contributed by atoms with Crippen LogP contribution < -0.4 is 16.4 Å². The SMILES string of the molecule is NC12CN(c3nc(-c4cccs4)nc4c3CCCC4(F)F)CC1(N)C2CC(=O)O. The molecule has 3 aliphatic rings. The molecule has 0 bridgehead atoms. The molecule has 7 nitrogen and oxygen atoms in total. The molecule has 2 atom stereocenters. The minimum absolute atomic E-state index is 0.0960. The van der Waals surface area contributed by atoms with Crippen molar-refractivity contribution in [3.8, 4) is 10.7 Å². The zero-order chi connectivity index (χ0) is 20.6. The number of aromatic nitrogens is 2. The molecule has 0 spiro atoms. The molecule has 1 aliphatic heterocycles. The van der Waals surface area contributed by atoms with Gasteiger partial charge in [0.1, 0.15) is 11.5 Å². The van der Waals surface area contributed by atoms with Gasteiger partial charge >= 0.3 is 5.97 Å². The number of alkyl halides is 2. The molecule has 2 unspecified atom stereocenters. The van der Waals surface area contributed by atoms with Crippen molar-refractivity contribution in [1.29, 1.82) is 0 Å². The van der Waals surface area contributed by atoms with Crippen molar-refractivity contribution in [2.75, 3.05) is 18.0 Å². The van der Waals surface area contributed by atoms with E-state index in [0.717, 1.165) is 0 Å².